The van der Waals surface area contributed by atoms with E-state index in [1.54, 1.807) is 0 Å². The Morgan fingerprint density at radius 1 is 1.00 bits per heavy atom. The molecule has 0 aromatic heterocycles. The number of likely N-dealkylation sites (N-methyl/N-ethyl adjacent to an activating group) is 1. The summed E-state index contributed by atoms with van der Waals surface area (Å²) in [6, 6.07) is 3.07. The molecule has 1 heterocycles. The minimum Gasteiger partial charge on any atom is -0.305 e. The fourth-order valence-corrected chi connectivity index (χ4v) is 3.10. The molecule has 2 fully saturated rings. The van der Waals surface area contributed by atoms with Gasteiger partial charge in [-0.25, -0.2) is 0 Å². The van der Waals surface area contributed by atoms with E-state index in [1.807, 2.05) is 0 Å². The quantitative estimate of drug-likeness (QED) is 0.675. The standard InChI is InChI=1S/C13H23N3/c1-15-7-4-8-16(10-9-15)13-6-3-2-5-12(13)11-14/h12-13H,2-10H2,1H3. The van der Waals surface area contributed by atoms with Crippen molar-refractivity contribution in [3.05, 3.63) is 0 Å². The Balaban J connectivity index is 1.96. The lowest BCUT2D eigenvalue weighted by Gasteiger charge is -2.36. The van der Waals surface area contributed by atoms with Crippen LogP contribution in [0.4, 0.5) is 0 Å². The maximum atomic E-state index is 9.23. The molecule has 1 saturated heterocycles. The third-order valence-corrected chi connectivity index (χ3v) is 4.12. The highest BCUT2D eigenvalue weighted by atomic mass is 15.2. The summed E-state index contributed by atoms with van der Waals surface area (Å²) in [5, 5.41) is 9.23. The van der Waals surface area contributed by atoms with Gasteiger partial charge in [0.15, 0.2) is 0 Å². The molecule has 2 rings (SSSR count). The Kier molecular flexibility index (Phi) is 4.20. The molecule has 1 aliphatic carbocycles. The van der Waals surface area contributed by atoms with Crippen molar-refractivity contribution in [2.24, 2.45) is 5.92 Å². The molecule has 0 spiro atoms. The van der Waals surface area contributed by atoms with Crippen LogP contribution in [-0.4, -0.2) is 49.1 Å². The first-order chi connectivity index (χ1) is 7.81. The Labute approximate surface area is 99.0 Å². The van der Waals surface area contributed by atoms with Crippen LogP contribution < -0.4 is 0 Å². The van der Waals surface area contributed by atoms with Crippen LogP contribution in [0.2, 0.25) is 0 Å². The van der Waals surface area contributed by atoms with Crippen molar-refractivity contribution in [2.75, 3.05) is 33.2 Å². The van der Waals surface area contributed by atoms with Gasteiger partial charge < -0.3 is 4.90 Å². The highest BCUT2D eigenvalue weighted by Crippen LogP contribution is 2.28. The lowest BCUT2D eigenvalue weighted by Crippen LogP contribution is -2.43. The van der Waals surface area contributed by atoms with Gasteiger partial charge in [0.25, 0.3) is 0 Å². The molecular formula is C13H23N3. The largest absolute Gasteiger partial charge is 0.305 e. The number of hydrogen-bond donors (Lipinski definition) is 0. The summed E-state index contributed by atoms with van der Waals surface area (Å²) in [7, 11) is 2.20. The van der Waals surface area contributed by atoms with E-state index in [4.69, 9.17) is 0 Å². The van der Waals surface area contributed by atoms with Crippen molar-refractivity contribution in [3.63, 3.8) is 0 Å². The normalized spacial score (nSPS) is 34.2. The lowest BCUT2D eigenvalue weighted by atomic mass is 9.84. The van der Waals surface area contributed by atoms with Crippen LogP contribution in [0.15, 0.2) is 0 Å². The minimum atomic E-state index is 0.289. The molecule has 0 amide bonds. The molecule has 0 aromatic rings. The van der Waals surface area contributed by atoms with Gasteiger partial charge in [-0.3, -0.25) is 4.90 Å². The second kappa shape index (κ2) is 5.65. The SMILES string of the molecule is CN1CCCN(C2CCCCC2C#N)CC1. The second-order valence-electron chi connectivity index (χ2n) is 5.28. The summed E-state index contributed by atoms with van der Waals surface area (Å²) in [5.74, 6) is 0.289. The van der Waals surface area contributed by atoms with Gasteiger partial charge in [-0.2, -0.15) is 5.26 Å². The summed E-state index contributed by atoms with van der Waals surface area (Å²) < 4.78 is 0. The first-order valence-corrected chi connectivity index (χ1v) is 6.63. The van der Waals surface area contributed by atoms with Gasteiger partial charge in [-0.15, -0.1) is 0 Å². The van der Waals surface area contributed by atoms with E-state index in [0.717, 1.165) is 19.5 Å². The topological polar surface area (TPSA) is 30.3 Å². The van der Waals surface area contributed by atoms with Gasteiger partial charge in [0.05, 0.1) is 12.0 Å². The van der Waals surface area contributed by atoms with Crippen molar-refractivity contribution < 1.29 is 0 Å². The van der Waals surface area contributed by atoms with Gasteiger partial charge in [0.2, 0.25) is 0 Å². The molecule has 2 aliphatic rings. The van der Waals surface area contributed by atoms with Gasteiger partial charge in [0.1, 0.15) is 0 Å². The van der Waals surface area contributed by atoms with Crippen LogP contribution in [0.5, 0.6) is 0 Å². The Morgan fingerprint density at radius 2 is 1.81 bits per heavy atom. The summed E-state index contributed by atoms with van der Waals surface area (Å²) in [6.45, 7) is 4.71. The summed E-state index contributed by atoms with van der Waals surface area (Å²) in [5.41, 5.74) is 0. The first kappa shape index (κ1) is 11.9. The maximum Gasteiger partial charge on any atom is 0.0672 e. The number of hydrogen-bond acceptors (Lipinski definition) is 3. The number of rotatable bonds is 1. The monoisotopic (exact) mass is 221 g/mol. The average molecular weight is 221 g/mol. The second-order valence-corrected chi connectivity index (χ2v) is 5.28. The van der Waals surface area contributed by atoms with E-state index in [1.165, 1.54) is 38.8 Å². The van der Waals surface area contributed by atoms with E-state index in [-0.39, 0.29) is 5.92 Å². The lowest BCUT2D eigenvalue weighted by molar-refractivity contribution is 0.132. The number of nitriles is 1. The van der Waals surface area contributed by atoms with Crippen LogP contribution in [0.1, 0.15) is 32.1 Å². The Hall–Kier alpha value is -0.590. The van der Waals surface area contributed by atoms with Crippen molar-refractivity contribution >= 4 is 0 Å². The van der Waals surface area contributed by atoms with E-state index in [2.05, 4.69) is 22.9 Å². The third-order valence-electron chi connectivity index (χ3n) is 4.12. The van der Waals surface area contributed by atoms with Crippen molar-refractivity contribution in [3.8, 4) is 6.07 Å². The molecule has 0 bridgehead atoms. The molecular weight excluding hydrogens is 198 g/mol. The molecule has 2 unspecified atom stereocenters. The van der Waals surface area contributed by atoms with Crippen LogP contribution in [-0.2, 0) is 0 Å². The minimum absolute atomic E-state index is 0.289. The van der Waals surface area contributed by atoms with Gasteiger partial charge in [-0.05, 0) is 39.4 Å². The highest BCUT2D eigenvalue weighted by Gasteiger charge is 2.30. The first-order valence-electron chi connectivity index (χ1n) is 6.63. The number of nitrogens with zero attached hydrogens (tertiary/aromatic N) is 3. The molecule has 16 heavy (non-hydrogen) atoms. The average Bonchev–Trinajstić information content (AvgIpc) is 2.54. The molecule has 3 heteroatoms. The van der Waals surface area contributed by atoms with Crippen LogP contribution in [0.25, 0.3) is 0 Å². The molecule has 0 aromatic carbocycles. The summed E-state index contributed by atoms with van der Waals surface area (Å²) >= 11 is 0. The smallest absolute Gasteiger partial charge is 0.0672 e. The van der Waals surface area contributed by atoms with Gasteiger partial charge in [-0.1, -0.05) is 12.8 Å². The van der Waals surface area contributed by atoms with Crippen LogP contribution in [0, 0.1) is 17.2 Å². The van der Waals surface area contributed by atoms with Crippen molar-refractivity contribution in [2.45, 2.75) is 38.1 Å². The zero-order valence-electron chi connectivity index (χ0n) is 10.4. The molecule has 0 N–H and O–H groups in total. The van der Waals surface area contributed by atoms with Crippen LogP contribution in [0.3, 0.4) is 0 Å². The predicted molar refractivity (Wildman–Crippen MR) is 65.0 cm³/mol. The Bertz CT molecular complexity index is 258. The molecule has 2 atom stereocenters. The third kappa shape index (κ3) is 2.75. The fourth-order valence-electron chi connectivity index (χ4n) is 3.10. The summed E-state index contributed by atoms with van der Waals surface area (Å²) in [4.78, 5) is 4.99. The van der Waals surface area contributed by atoms with Crippen molar-refractivity contribution in [1.82, 2.24) is 9.80 Å². The van der Waals surface area contributed by atoms with Crippen LogP contribution >= 0.6 is 0 Å². The van der Waals surface area contributed by atoms with E-state index < -0.39 is 0 Å². The summed E-state index contributed by atoms with van der Waals surface area (Å²) in [6.07, 6.45) is 6.18. The molecule has 90 valence electrons. The zero-order valence-corrected chi connectivity index (χ0v) is 10.4. The highest BCUT2D eigenvalue weighted by molar-refractivity contribution is 4.96. The van der Waals surface area contributed by atoms with Gasteiger partial charge in [0, 0.05) is 19.1 Å². The molecule has 1 saturated carbocycles. The van der Waals surface area contributed by atoms with Crippen molar-refractivity contribution in [1.29, 1.82) is 5.26 Å². The predicted octanol–water partition coefficient (Wildman–Crippen LogP) is 1.71. The van der Waals surface area contributed by atoms with E-state index in [0.29, 0.717) is 6.04 Å². The zero-order chi connectivity index (χ0) is 11.4. The molecule has 0 radical (unpaired) electrons. The van der Waals surface area contributed by atoms with Gasteiger partial charge >= 0.3 is 0 Å². The fraction of sp³-hybridized carbons (Fsp3) is 0.923. The Morgan fingerprint density at radius 3 is 2.62 bits per heavy atom. The molecule has 3 nitrogen and oxygen atoms in total. The van der Waals surface area contributed by atoms with E-state index in [9.17, 15) is 5.26 Å². The van der Waals surface area contributed by atoms with E-state index >= 15 is 0 Å². The maximum absolute atomic E-state index is 9.23. The molecule has 1 aliphatic heterocycles.